The maximum absolute atomic E-state index is 12.1. The van der Waals surface area contributed by atoms with Gasteiger partial charge in [-0.05, 0) is 38.1 Å². The predicted molar refractivity (Wildman–Crippen MR) is 105 cm³/mol. The number of aromatic nitrogens is 2. The highest BCUT2D eigenvalue weighted by molar-refractivity contribution is 7.99. The van der Waals surface area contributed by atoms with E-state index in [0.717, 1.165) is 18.7 Å². The van der Waals surface area contributed by atoms with Gasteiger partial charge < -0.3 is 9.32 Å². The van der Waals surface area contributed by atoms with Gasteiger partial charge >= 0.3 is 0 Å². The summed E-state index contributed by atoms with van der Waals surface area (Å²) in [6.07, 6.45) is 0. The Kier molecular flexibility index (Phi) is 6.07. The molecule has 0 radical (unpaired) electrons. The highest BCUT2D eigenvalue weighted by Crippen LogP contribution is 2.25. The maximum atomic E-state index is 12.1. The smallest absolute Gasteiger partial charge is 0.277 e. The van der Waals surface area contributed by atoms with Crippen LogP contribution in [0.2, 0.25) is 0 Å². The summed E-state index contributed by atoms with van der Waals surface area (Å²) in [6, 6.07) is 17.3. The molecule has 0 N–H and O–H groups in total. The summed E-state index contributed by atoms with van der Waals surface area (Å²) < 4.78 is 5.68. The molecule has 0 amide bonds. The van der Waals surface area contributed by atoms with E-state index in [0.29, 0.717) is 16.7 Å². The van der Waals surface area contributed by atoms with Gasteiger partial charge in [-0.2, -0.15) is 0 Å². The van der Waals surface area contributed by atoms with Crippen LogP contribution in [0.15, 0.2) is 64.2 Å². The molecule has 0 aliphatic carbocycles. The first-order chi connectivity index (χ1) is 12.7. The molecule has 2 aromatic carbocycles. The summed E-state index contributed by atoms with van der Waals surface area (Å²) in [5.74, 6) is 0.775. The number of ketones is 1. The molecule has 0 saturated carbocycles. The maximum Gasteiger partial charge on any atom is 0.277 e. The lowest BCUT2D eigenvalue weighted by Crippen LogP contribution is -2.21. The quantitative estimate of drug-likeness (QED) is 0.430. The monoisotopic (exact) mass is 367 g/mol. The second kappa shape index (κ2) is 8.67. The summed E-state index contributed by atoms with van der Waals surface area (Å²) in [7, 11) is 0. The molecule has 26 heavy (non-hydrogen) atoms. The van der Waals surface area contributed by atoms with Crippen molar-refractivity contribution in [2.75, 3.05) is 23.7 Å². The SMILES string of the molecule is CCN(CC)c1ccc(-c2nnc(SCC(=O)c3ccccc3)o2)cc1. The molecule has 0 fully saturated rings. The zero-order valence-corrected chi connectivity index (χ0v) is 15.7. The Labute approximate surface area is 157 Å². The number of hydrogen-bond donors (Lipinski definition) is 0. The van der Waals surface area contributed by atoms with E-state index in [4.69, 9.17) is 4.42 Å². The Morgan fingerprint density at radius 2 is 1.69 bits per heavy atom. The number of benzene rings is 2. The number of carbonyl (C=O) groups is 1. The lowest BCUT2D eigenvalue weighted by Gasteiger charge is -2.20. The average Bonchev–Trinajstić information content (AvgIpc) is 3.17. The van der Waals surface area contributed by atoms with Gasteiger partial charge in [0.25, 0.3) is 5.22 Å². The highest BCUT2D eigenvalue weighted by atomic mass is 32.2. The number of hydrogen-bond acceptors (Lipinski definition) is 6. The molecule has 0 aliphatic heterocycles. The van der Waals surface area contributed by atoms with Crippen LogP contribution >= 0.6 is 11.8 Å². The van der Waals surface area contributed by atoms with Crippen molar-refractivity contribution >= 4 is 23.2 Å². The fourth-order valence-corrected chi connectivity index (χ4v) is 3.28. The van der Waals surface area contributed by atoms with Crippen molar-refractivity contribution in [3.8, 4) is 11.5 Å². The predicted octanol–water partition coefficient (Wildman–Crippen LogP) is 4.56. The van der Waals surface area contributed by atoms with Crippen LogP contribution in [0.3, 0.4) is 0 Å². The summed E-state index contributed by atoms with van der Waals surface area (Å²) in [5.41, 5.74) is 2.72. The molecule has 0 aliphatic rings. The van der Waals surface area contributed by atoms with Gasteiger partial charge in [-0.1, -0.05) is 42.1 Å². The van der Waals surface area contributed by atoms with Crippen LogP contribution in [-0.4, -0.2) is 34.8 Å². The Morgan fingerprint density at radius 3 is 2.35 bits per heavy atom. The number of anilines is 1. The van der Waals surface area contributed by atoms with E-state index in [1.165, 1.54) is 17.4 Å². The number of thioether (sulfide) groups is 1. The van der Waals surface area contributed by atoms with E-state index in [9.17, 15) is 4.79 Å². The molecule has 0 spiro atoms. The lowest BCUT2D eigenvalue weighted by atomic mass is 10.2. The molecule has 0 atom stereocenters. The third kappa shape index (κ3) is 4.32. The Hall–Kier alpha value is -2.60. The first kappa shape index (κ1) is 18.2. The van der Waals surface area contributed by atoms with Crippen molar-refractivity contribution in [3.05, 3.63) is 60.2 Å². The van der Waals surface area contributed by atoms with Crippen molar-refractivity contribution in [2.45, 2.75) is 19.1 Å². The molecule has 1 heterocycles. The van der Waals surface area contributed by atoms with Gasteiger partial charge in [-0.3, -0.25) is 4.79 Å². The first-order valence-electron chi connectivity index (χ1n) is 8.61. The van der Waals surface area contributed by atoms with Gasteiger partial charge in [0.2, 0.25) is 5.89 Å². The van der Waals surface area contributed by atoms with Crippen LogP contribution in [0.4, 0.5) is 5.69 Å². The molecule has 6 heteroatoms. The summed E-state index contributed by atoms with van der Waals surface area (Å²) >= 11 is 1.26. The largest absolute Gasteiger partial charge is 0.411 e. The topological polar surface area (TPSA) is 59.2 Å². The van der Waals surface area contributed by atoms with E-state index in [1.807, 2.05) is 30.3 Å². The Bertz CT molecular complexity index is 843. The summed E-state index contributed by atoms with van der Waals surface area (Å²) in [5, 5.41) is 8.52. The van der Waals surface area contributed by atoms with Crippen molar-refractivity contribution in [1.29, 1.82) is 0 Å². The second-order valence-electron chi connectivity index (χ2n) is 5.67. The number of nitrogens with zero attached hydrogens (tertiary/aromatic N) is 3. The van der Waals surface area contributed by atoms with Crippen molar-refractivity contribution < 1.29 is 9.21 Å². The van der Waals surface area contributed by atoms with E-state index < -0.39 is 0 Å². The Balaban J connectivity index is 1.63. The first-order valence-corrected chi connectivity index (χ1v) is 9.59. The second-order valence-corrected chi connectivity index (χ2v) is 6.60. The zero-order chi connectivity index (χ0) is 18.4. The van der Waals surface area contributed by atoms with E-state index in [2.05, 4.69) is 41.1 Å². The molecular weight excluding hydrogens is 346 g/mol. The van der Waals surface area contributed by atoms with E-state index in [1.54, 1.807) is 12.1 Å². The normalized spacial score (nSPS) is 10.7. The molecule has 3 rings (SSSR count). The van der Waals surface area contributed by atoms with Crippen molar-refractivity contribution in [3.63, 3.8) is 0 Å². The molecule has 0 unspecified atom stereocenters. The van der Waals surface area contributed by atoms with Gasteiger partial charge in [0.1, 0.15) is 0 Å². The fraction of sp³-hybridized carbons (Fsp3) is 0.250. The van der Waals surface area contributed by atoms with Gasteiger partial charge in [0, 0.05) is 29.9 Å². The zero-order valence-electron chi connectivity index (χ0n) is 14.9. The minimum Gasteiger partial charge on any atom is -0.411 e. The third-order valence-corrected chi connectivity index (χ3v) is 4.89. The molecular formula is C20H21N3O2S. The van der Waals surface area contributed by atoms with Gasteiger partial charge in [0.05, 0.1) is 5.75 Å². The lowest BCUT2D eigenvalue weighted by molar-refractivity contribution is 0.102. The van der Waals surface area contributed by atoms with Crippen LogP contribution in [0.5, 0.6) is 0 Å². The standard InChI is InChI=1S/C20H21N3O2S/c1-3-23(4-2)17-12-10-16(11-13-17)19-21-22-20(25-19)26-14-18(24)15-8-6-5-7-9-15/h5-13H,3-4,14H2,1-2H3. The van der Waals surface area contributed by atoms with E-state index >= 15 is 0 Å². The van der Waals surface area contributed by atoms with Gasteiger partial charge in [0.15, 0.2) is 5.78 Å². The molecule has 1 aromatic heterocycles. The van der Waals surface area contributed by atoms with Crippen LogP contribution in [0.1, 0.15) is 24.2 Å². The minimum absolute atomic E-state index is 0.0407. The van der Waals surface area contributed by atoms with Crippen LogP contribution in [-0.2, 0) is 0 Å². The fourth-order valence-electron chi connectivity index (χ4n) is 2.62. The van der Waals surface area contributed by atoms with E-state index in [-0.39, 0.29) is 11.5 Å². The average molecular weight is 367 g/mol. The molecule has 0 saturated heterocycles. The van der Waals surface area contributed by atoms with Gasteiger partial charge in [-0.15, -0.1) is 10.2 Å². The Morgan fingerprint density at radius 1 is 1.00 bits per heavy atom. The van der Waals surface area contributed by atoms with Crippen LogP contribution in [0, 0.1) is 0 Å². The van der Waals surface area contributed by atoms with Crippen molar-refractivity contribution in [1.82, 2.24) is 10.2 Å². The molecule has 134 valence electrons. The van der Waals surface area contributed by atoms with Crippen molar-refractivity contribution in [2.24, 2.45) is 0 Å². The van der Waals surface area contributed by atoms with Crippen LogP contribution in [0.25, 0.3) is 11.5 Å². The summed E-state index contributed by atoms with van der Waals surface area (Å²) in [6.45, 7) is 6.20. The minimum atomic E-state index is 0.0407. The highest BCUT2D eigenvalue weighted by Gasteiger charge is 2.12. The molecule has 0 bridgehead atoms. The van der Waals surface area contributed by atoms with Crippen LogP contribution < -0.4 is 4.90 Å². The number of carbonyl (C=O) groups excluding carboxylic acids is 1. The number of Topliss-reactive ketones (excluding diaryl/α,β-unsaturated/α-hetero) is 1. The molecule has 5 nitrogen and oxygen atoms in total. The van der Waals surface area contributed by atoms with Gasteiger partial charge in [-0.25, -0.2) is 0 Å². The third-order valence-electron chi connectivity index (χ3n) is 4.07. The summed E-state index contributed by atoms with van der Waals surface area (Å²) in [4.78, 5) is 14.4. The molecule has 3 aromatic rings. The number of rotatable bonds is 8.